The molecule has 28 heavy (non-hydrogen) atoms. The normalized spacial score (nSPS) is 11.9. The highest BCUT2D eigenvalue weighted by Gasteiger charge is 2.17. The molecule has 0 saturated heterocycles. The van der Waals surface area contributed by atoms with Gasteiger partial charge in [-0.05, 0) is 25.0 Å². The van der Waals surface area contributed by atoms with Crippen LogP contribution in [0.3, 0.4) is 0 Å². The minimum absolute atomic E-state index is 1.02. The molecule has 0 bridgehead atoms. The monoisotopic (exact) mass is 376 g/mol. The second-order valence-corrected chi connectivity index (χ2v) is 8.08. The van der Waals surface area contributed by atoms with Gasteiger partial charge in [-0.15, -0.1) is 0 Å². The average Bonchev–Trinajstić information content (AvgIpc) is 3.33. The van der Waals surface area contributed by atoms with Gasteiger partial charge in [0.25, 0.3) is 0 Å². The Kier molecular flexibility index (Phi) is 6.04. The number of aryl methyl sites for hydroxylation is 2. The number of rotatable bonds is 10. The molecule has 4 aromatic rings. The van der Waals surface area contributed by atoms with Crippen LogP contribution in [0.25, 0.3) is 32.7 Å². The van der Waals surface area contributed by atoms with E-state index in [1.54, 1.807) is 0 Å². The summed E-state index contributed by atoms with van der Waals surface area (Å²) in [5.41, 5.74) is 2.04. The summed E-state index contributed by atoms with van der Waals surface area (Å²) in [6, 6.07) is 13.0. The van der Waals surface area contributed by atoms with Crippen LogP contribution in [-0.4, -0.2) is 0 Å². The lowest BCUT2D eigenvalue weighted by Gasteiger charge is -2.00. The first-order valence-electron chi connectivity index (χ1n) is 11.2. The van der Waals surface area contributed by atoms with E-state index in [1.165, 1.54) is 62.1 Å². The molecule has 0 aliphatic heterocycles. The van der Waals surface area contributed by atoms with E-state index in [1.807, 2.05) is 0 Å². The average molecular weight is 377 g/mol. The zero-order valence-corrected chi connectivity index (χ0v) is 17.4. The van der Waals surface area contributed by atoms with Gasteiger partial charge in [-0.2, -0.15) is 0 Å². The first-order valence-corrected chi connectivity index (χ1v) is 11.2. The minimum atomic E-state index is 1.02. The molecule has 0 N–H and O–H groups in total. The van der Waals surface area contributed by atoms with Crippen molar-refractivity contribution in [3.8, 4) is 0 Å². The zero-order valence-electron chi connectivity index (χ0n) is 17.4. The third-order valence-corrected chi connectivity index (χ3v) is 5.83. The summed E-state index contributed by atoms with van der Waals surface area (Å²) < 4.78 is 12.7. The van der Waals surface area contributed by atoms with Gasteiger partial charge in [-0.1, -0.05) is 76.6 Å². The Hall–Kier alpha value is -2.22. The van der Waals surface area contributed by atoms with Crippen molar-refractivity contribution >= 4 is 32.7 Å². The number of furan rings is 2. The molecule has 2 heterocycles. The van der Waals surface area contributed by atoms with Crippen LogP contribution in [0.5, 0.6) is 0 Å². The largest absolute Gasteiger partial charge is 0.460 e. The van der Waals surface area contributed by atoms with E-state index >= 15 is 0 Å². The molecule has 0 aliphatic carbocycles. The van der Waals surface area contributed by atoms with Gasteiger partial charge in [0.15, 0.2) is 0 Å². The fourth-order valence-electron chi connectivity index (χ4n) is 4.26. The van der Waals surface area contributed by atoms with Crippen molar-refractivity contribution in [1.82, 2.24) is 0 Å². The fourth-order valence-corrected chi connectivity index (χ4v) is 4.26. The molecule has 0 amide bonds. The van der Waals surface area contributed by atoms with Crippen LogP contribution in [0.2, 0.25) is 0 Å². The van der Waals surface area contributed by atoms with Crippen LogP contribution in [-0.2, 0) is 12.8 Å². The zero-order chi connectivity index (χ0) is 19.3. The summed E-state index contributed by atoms with van der Waals surface area (Å²) in [6.45, 7) is 4.51. The van der Waals surface area contributed by atoms with Crippen LogP contribution in [0.15, 0.2) is 45.2 Å². The second kappa shape index (κ2) is 8.86. The molecule has 2 heteroatoms. The third-order valence-electron chi connectivity index (χ3n) is 5.83. The molecule has 0 saturated carbocycles. The minimum Gasteiger partial charge on any atom is -0.460 e. The molecule has 2 aromatic carbocycles. The Morgan fingerprint density at radius 3 is 1.46 bits per heavy atom. The maximum absolute atomic E-state index is 6.35. The van der Waals surface area contributed by atoms with Gasteiger partial charge in [-0.3, -0.25) is 0 Å². The molecule has 4 rings (SSSR count). The Morgan fingerprint density at radius 1 is 0.571 bits per heavy atom. The molecule has 0 atom stereocenters. The van der Waals surface area contributed by atoms with E-state index in [9.17, 15) is 0 Å². The Labute approximate surface area is 167 Å². The first-order chi connectivity index (χ1) is 13.8. The van der Waals surface area contributed by atoms with Gasteiger partial charge in [0.1, 0.15) is 22.7 Å². The molecule has 0 fully saturated rings. The highest BCUT2D eigenvalue weighted by atomic mass is 16.3. The number of hydrogen-bond donors (Lipinski definition) is 0. The summed E-state index contributed by atoms with van der Waals surface area (Å²) in [5.74, 6) is 2.21. The number of unbranched alkanes of at least 4 members (excludes halogenated alkanes) is 6. The summed E-state index contributed by atoms with van der Waals surface area (Å²) in [7, 11) is 0. The summed E-state index contributed by atoms with van der Waals surface area (Å²) in [5, 5.41) is 4.75. The highest BCUT2D eigenvalue weighted by Crippen LogP contribution is 2.39. The predicted octanol–water partition coefficient (Wildman–Crippen LogP) is 8.58. The van der Waals surface area contributed by atoms with Crippen molar-refractivity contribution in [1.29, 1.82) is 0 Å². The summed E-state index contributed by atoms with van der Waals surface area (Å²) in [6.07, 6.45) is 12.1. The summed E-state index contributed by atoms with van der Waals surface area (Å²) >= 11 is 0. The van der Waals surface area contributed by atoms with E-state index in [0.717, 1.165) is 46.3 Å². The molecule has 2 nitrogen and oxygen atoms in total. The van der Waals surface area contributed by atoms with E-state index in [0.29, 0.717) is 0 Å². The topological polar surface area (TPSA) is 26.3 Å². The van der Waals surface area contributed by atoms with E-state index in [-0.39, 0.29) is 0 Å². The van der Waals surface area contributed by atoms with E-state index < -0.39 is 0 Å². The molecule has 0 aliphatic rings. The van der Waals surface area contributed by atoms with Crippen molar-refractivity contribution < 1.29 is 8.83 Å². The second-order valence-electron chi connectivity index (χ2n) is 8.08. The third kappa shape index (κ3) is 3.83. The van der Waals surface area contributed by atoms with Gasteiger partial charge in [0.2, 0.25) is 0 Å². The van der Waals surface area contributed by atoms with Crippen LogP contribution < -0.4 is 0 Å². The molecule has 2 aromatic heterocycles. The highest BCUT2D eigenvalue weighted by molar-refractivity contribution is 6.22. The van der Waals surface area contributed by atoms with Gasteiger partial charge < -0.3 is 8.83 Å². The van der Waals surface area contributed by atoms with Crippen molar-refractivity contribution in [2.24, 2.45) is 0 Å². The van der Waals surface area contributed by atoms with E-state index in [2.05, 4.69) is 50.2 Å². The molecule has 148 valence electrons. The first kappa shape index (κ1) is 19.1. The Morgan fingerprint density at radius 2 is 1.04 bits per heavy atom. The lowest BCUT2D eigenvalue weighted by atomic mass is 10.0. The van der Waals surface area contributed by atoms with Crippen molar-refractivity contribution in [3.05, 3.63) is 47.9 Å². The van der Waals surface area contributed by atoms with Crippen LogP contribution in [0, 0.1) is 0 Å². The Bertz CT molecular complexity index is 966. The number of benzene rings is 2. The number of hydrogen-bond acceptors (Lipinski definition) is 2. The van der Waals surface area contributed by atoms with Crippen molar-refractivity contribution in [3.63, 3.8) is 0 Å². The number of fused-ring (bicyclic) bond motifs is 6. The lowest BCUT2D eigenvalue weighted by Crippen LogP contribution is -1.82. The molecular formula is C26H32O2. The van der Waals surface area contributed by atoms with Gasteiger partial charge in [0.05, 0.1) is 0 Å². The van der Waals surface area contributed by atoms with Gasteiger partial charge >= 0.3 is 0 Å². The quantitative estimate of drug-likeness (QED) is 0.259. The van der Waals surface area contributed by atoms with Crippen LogP contribution in [0.1, 0.15) is 76.7 Å². The maximum atomic E-state index is 6.35. The predicted molar refractivity (Wildman–Crippen MR) is 119 cm³/mol. The molecule has 0 spiro atoms. The smallest absolute Gasteiger partial charge is 0.142 e. The van der Waals surface area contributed by atoms with Gasteiger partial charge in [0, 0.05) is 34.4 Å². The van der Waals surface area contributed by atoms with Gasteiger partial charge in [-0.25, -0.2) is 0 Å². The lowest BCUT2D eigenvalue weighted by molar-refractivity contribution is 0.527. The van der Waals surface area contributed by atoms with Crippen LogP contribution >= 0.6 is 0 Å². The Balaban J connectivity index is 1.72. The molecular weight excluding hydrogens is 344 g/mol. The van der Waals surface area contributed by atoms with Crippen LogP contribution in [0.4, 0.5) is 0 Å². The standard InChI is InChI=1S/C26H32O2/c1-3-5-7-9-13-19-17-23-24-18-20(14-10-8-6-4-2)28-26(24)22-16-12-11-15-21(22)25(23)27-19/h11-12,15-18H,3-10,13-14H2,1-2H3. The fraction of sp³-hybridized carbons (Fsp3) is 0.462. The molecule has 0 unspecified atom stereocenters. The molecule has 0 radical (unpaired) electrons. The maximum Gasteiger partial charge on any atom is 0.142 e. The SMILES string of the molecule is CCCCCCc1cc2c3cc(CCCCCC)oc3c3ccccc3c2o1. The summed E-state index contributed by atoms with van der Waals surface area (Å²) in [4.78, 5) is 0. The van der Waals surface area contributed by atoms with Crippen molar-refractivity contribution in [2.45, 2.75) is 78.1 Å². The van der Waals surface area contributed by atoms with E-state index in [4.69, 9.17) is 8.83 Å². The van der Waals surface area contributed by atoms with Crippen molar-refractivity contribution in [2.75, 3.05) is 0 Å².